The van der Waals surface area contributed by atoms with Gasteiger partial charge in [0.15, 0.2) is 0 Å². The summed E-state index contributed by atoms with van der Waals surface area (Å²) in [5.41, 5.74) is 1.70. The van der Waals surface area contributed by atoms with Crippen LogP contribution in [0.4, 0.5) is 4.39 Å². The molecule has 0 atom stereocenters. The standard InChI is InChI=1S/C12H18FN/c1-9-7-10(13)11(14-8-9)5-6-12(2,3)4/h7-8H,5-6H2,1-4H3. The van der Waals surface area contributed by atoms with Crippen LogP contribution in [0.3, 0.4) is 0 Å². The molecule has 0 aliphatic heterocycles. The normalized spacial score (nSPS) is 11.8. The Kier molecular flexibility index (Phi) is 3.25. The highest BCUT2D eigenvalue weighted by molar-refractivity contribution is 5.14. The molecule has 0 saturated heterocycles. The van der Waals surface area contributed by atoms with Crippen molar-refractivity contribution in [3.63, 3.8) is 0 Å². The van der Waals surface area contributed by atoms with Crippen LogP contribution in [0, 0.1) is 18.2 Å². The summed E-state index contributed by atoms with van der Waals surface area (Å²) in [7, 11) is 0. The van der Waals surface area contributed by atoms with E-state index in [1.165, 1.54) is 0 Å². The van der Waals surface area contributed by atoms with Crippen LogP contribution in [0.15, 0.2) is 12.3 Å². The molecule has 0 unspecified atom stereocenters. The molecule has 78 valence electrons. The van der Waals surface area contributed by atoms with E-state index in [-0.39, 0.29) is 11.2 Å². The number of halogens is 1. The Labute approximate surface area is 85.4 Å². The predicted molar refractivity (Wildman–Crippen MR) is 56.7 cm³/mol. The van der Waals surface area contributed by atoms with Gasteiger partial charge in [0, 0.05) is 6.20 Å². The molecule has 1 aromatic rings. The van der Waals surface area contributed by atoms with Gasteiger partial charge in [0.2, 0.25) is 0 Å². The van der Waals surface area contributed by atoms with E-state index >= 15 is 0 Å². The molecular weight excluding hydrogens is 177 g/mol. The molecule has 1 nitrogen and oxygen atoms in total. The molecule has 0 fully saturated rings. The lowest BCUT2D eigenvalue weighted by Crippen LogP contribution is -2.08. The highest BCUT2D eigenvalue weighted by atomic mass is 19.1. The van der Waals surface area contributed by atoms with Gasteiger partial charge in [0.05, 0.1) is 5.69 Å². The van der Waals surface area contributed by atoms with Crippen LogP contribution < -0.4 is 0 Å². The molecule has 0 spiro atoms. The Morgan fingerprint density at radius 1 is 1.36 bits per heavy atom. The second-order valence-corrected chi connectivity index (χ2v) is 5.00. The number of rotatable bonds is 2. The number of aryl methyl sites for hydroxylation is 2. The fourth-order valence-corrected chi connectivity index (χ4v) is 1.24. The maximum atomic E-state index is 13.4. The minimum absolute atomic E-state index is 0.172. The van der Waals surface area contributed by atoms with Crippen molar-refractivity contribution in [1.29, 1.82) is 0 Å². The van der Waals surface area contributed by atoms with Crippen molar-refractivity contribution in [3.8, 4) is 0 Å². The van der Waals surface area contributed by atoms with Gasteiger partial charge in [-0.15, -0.1) is 0 Å². The summed E-state index contributed by atoms with van der Waals surface area (Å²) in [5.74, 6) is -0.172. The van der Waals surface area contributed by atoms with E-state index in [0.717, 1.165) is 18.4 Å². The summed E-state index contributed by atoms with van der Waals surface area (Å²) in [6, 6.07) is 1.55. The monoisotopic (exact) mass is 195 g/mol. The van der Waals surface area contributed by atoms with Gasteiger partial charge in [-0.1, -0.05) is 20.8 Å². The number of nitrogens with zero attached hydrogens (tertiary/aromatic N) is 1. The van der Waals surface area contributed by atoms with Crippen LogP contribution in [0.25, 0.3) is 0 Å². The quantitative estimate of drug-likeness (QED) is 0.703. The Balaban J connectivity index is 2.68. The van der Waals surface area contributed by atoms with E-state index in [1.54, 1.807) is 12.3 Å². The molecule has 0 saturated carbocycles. The van der Waals surface area contributed by atoms with Crippen LogP contribution in [0.5, 0.6) is 0 Å². The zero-order chi connectivity index (χ0) is 10.8. The van der Waals surface area contributed by atoms with Crippen LogP contribution >= 0.6 is 0 Å². The maximum absolute atomic E-state index is 13.4. The Morgan fingerprint density at radius 3 is 2.50 bits per heavy atom. The van der Waals surface area contributed by atoms with Gasteiger partial charge in [-0.2, -0.15) is 0 Å². The molecular formula is C12H18FN. The first-order chi connectivity index (χ1) is 6.38. The Hall–Kier alpha value is -0.920. The highest BCUT2D eigenvalue weighted by Crippen LogP contribution is 2.21. The van der Waals surface area contributed by atoms with E-state index in [0.29, 0.717) is 5.69 Å². The second-order valence-electron chi connectivity index (χ2n) is 5.00. The zero-order valence-electron chi connectivity index (χ0n) is 9.39. The topological polar surface area (TPSA) is 12.9 Å². The largest absolute Gasteiger partial charge is 0.258 e. The summed E-state index contributed by atoms with van der Waals surface area (Å²) in [4.78, 5) is 4.11. The molecule has 14 heavy (non-hydrogen) atoms. The minimum Gasteiger partial charge on any atom is -0.258 e. The molecule has 0 aliphatic carbocycles. The number of hydrogen-bond donors (Lipinski definition) is 0. The summed E-state index contributed by atoms with van der Waals surface area (Å²) in [6.45, 7) is 8.31. The highest BCUT2D eigenvalue weighted by Gasteiger charge is 2.12. The van der Waals surface area contributed by atoms with E-state index in [4.69, 9.17) is 0 Å². The van der Waals surface area contributed by atoms with E-state index < -0.39 is 0 Å². The van der Waals surface area contributed by atoms with Crippen molar-refractivity contribution in [2.45, 2.75) is 40.5 Å². The van der Waals surface area contributed by atoms with Gasteiger partial charge in [-0.25, -0.2) is 4.39 Å². The molecule has 0 aliphatic rings. The fraction of sp³-hybridized carbons (Fsp3) is 0.583. The molecule has 0 radical (unpaired) electrons. The predicted octanol–water partition coefficient (Wildman–Crippen LogP) is 3.51. The second kappa shape index (κ2) is 4.07. The summed E-state index contributed by atoms with van der Waals surface area (Å²) < 4.78 is 13.4. The summed E-state index contributed by atoms with van der Waals surface area (Å²) in [5, 5.41) is 0. The first-order valence-electron chi connectivity index (χ1n) is 4.99. The zero-order valence-corrected chi connectivity index (χ0v) is 9.39. The van der Waals surface area contributed by atoms with Crippen molar-refractivity contribution < 1.29 is 4.39 Å². The van der Waals surface area contributed by atoms with E-state index in [9.17, 15) is 4.39 Å². The third-order valence-corrected chi connectivity index (χ3v) is 2.17. The molecule has 0 amide bonds. The smallest absolute Gasteiger partial charge is 0.144 e. The molecule has 0 N–H and O–H groups in total. The third kappa shape index (κ3) is 3.44. The number of hydrogen-bond acceptors (Lipinski definition) is 1. The molecule has 0 aromatic carbocycles. The number of aromatic nitrogens is 1. The van der Waals surface area contributed by atoms with Crippen molar-refractivity contribution in [2.75, 3.05) is 0 Å². The van der Waals surface area contributed by atoms with E-state index in [2.05, 4.69) is 25.8 Å². The van der Waals surface area contributed by atoms with Gasteiger partial charge in [0.25, 0.3) is 0 Å². The number of pyridine rings is 1. The maximum Gasteiger partial charge on any atom is 0.144 e. The molecule has 1 rings (SSSR count). The molecule has 0 bridgehead atoms. The molecule has 2 heteroatoms. The SMILES string of the molecule is Cc1cnc(CCC(C)(C)C)c(F)c1. The van der Waals surface area contributed by atoms with Crippen molar-refractivity contribution in [1.82, 2.24) is 4.98 Å². The average Bonchev–Trinajstić information content (AvgIpc) is 2.00. The molecule has 1 heterocycles. The lowest BCUT2D eigenvalue weighted by molar-refractivity contribution is 0.373. The van der Waals surface area contributed by atoms with Crippen molar-refractivity contribution >= 4 is 0 Å². The first-order valence-corrected chi connectivity index (χ1v) is 4.99. The van der Waals surface area contributed by atoms with Gasteiger partial charge in [0.1, 0.15) is 5.82 Å². The van der Waals surface area contributed by atoms with Gasteiger partial charge < -0.3 is 0 Å². The summed E-state index contributed by atoms with van der Waals surface area (Å²) in [6.07, 6.45) is 3.40. The van der Waals surface area contributed by atoms with Crippen molar-refractivity contribution in [2.24, 2.45) is 5.41 Å². The van der Waals surface area contributed by atoms with Crippen LogP contribution in [-0.4, -0.2) is 4.98 Å². The van der Waals surface area contributed by atoms with Crippen molar-refractivity contribution in [3.05, 3.63) is 29.3 Å². The van der Waals surface area contributed by atoms with Crippen LogP contribution in [0.1, 0.15) is 38.4 Å². The van der Waals surface area contributed by atoms with Crippen LogP contribution in [-0.2, 0) is 6.42 Å². The van der Waals surface area contributed by atoms with Gasteiger partial charge in [-0.3, -0.25) is 4.98 Å². The lowest BCUT2D eigenvalue weighted by atomic mass is 9.89. The van der Waals surface area contributed by atoms with Gasteiger partial charge >= 0.3 is 0 Å². The molecule has 1 aromatic heterocycles. The fourth-order valence-electron chi connectivity index (χ4n) is 1.24. The van der Waals surface area contributed by atoms with E-state index in [1.807, 2.05) is 6.92 Å². The van der Waals surface area contributed by atoms with Crippen LogP contribution in [0.2, 0.25) is 0 Å². The third-order valence-electron chi connectivity index (χ3n) is 2.17. The van der Waals surface area contributed by atoms with Gasteiger partial charge in [-0.05, 0) is 36.8 Å². The minimum atomic E-state index is -0.172. The average molecular weight is 195 g/mol. The lowest BCUT2D eigenvalue weighted by Gasteiger charge is -2.17. The summed E-state index contributed by atoms with van der Waals surface area (Å²) >= 11 is 0. The first kappa shape index (κ1) is 11.2. The Bertz CT molecular complexity index is 313. The Morgan fingerprint density at radius 2 is 2.00 bits per heavy atom.